The molecule has 2 aromatic heterocycles. The second-order valence-electron chi connectivity index (χ2n) is 4.89. The molecule has 0 saturated carbocycles. The van der Waals surface area contributed by atoms with Crippen molar-refractivity contribution in [1.82, 2.24) is 15.0 Å². The highest BCUT2D eigenvalue weighted by molar-refractivity contribution is 9.10. The van der Waals surface area contributed by atoms with Gasteiger partial charge in [-0.3, -0.25) is 4.98 Å². The van der Waals surface area contributed by atoms with Crippen LogP contribution in [0.1, 0.15) is 0 Å². The number of nitrogens with one attached hydrogen (secondary N) is 1. The lowest BCUT2D eigenvalue weighted by Gasteiger charge is -2.10. The van der Waals surface area contributed by atoms with Crippen molar-refractivity contribution in [2.45, 2.75) is 0 Å². The quantitative estimate of drug-likeness (QED) is 0.570. The molecule has 0 aliphatic rings. The van der Waals surface area contributed by atoms with Crippen LogP contribution >= 0.6 is 15.9 Å². The minimum atomic E-state index is 0.768. The van der Waals surface area contributed by atoms with Crippen LogP contribution in [-0.2, 0) is 0 Å². The lowest BCUT2D eigenvalue weighted by atomic mass is 10.2. The minimum Gasteiger partial charge on any atom is -0.338 e. The van der Waals surface area contributed by atoms with Crippen molar-refractivity contribution in [3.63, 3.8) is 0 Å². The van der Waals surface area contributed by atoms with Crippen LogP contribution in [0.3, 0.4) is 0 Å². The van der Waals surface area contributed by atoms with Crippen LogP contribution in [0.25, 0.3) is 21.8 Å². The SMILES string of the molecule is Brc1ccc2ncnc(Nc3cccc4cccnc34)c2c1. The number of benzene rings is 2. The van der Waals surface area contributed by atoms with Gasteiger partial charge in [-0.1, -0.05) is 34.1 Å². The van der Waals surface area contributed by atoms with Gasteiger partial charge >= 0.3 is 0 Å². The van der Waals surface area contributed by atoms with Gasteiger partial charge in [-0.15, -0.1) is 0 Å². The molecule has 0 saturated heterocycles. The lowest BCUT2D eigenvalue weighted by Crippen LogP contribution is -1.97. The Kier molecular flexibility index (Phi) is 3.20. The fraction of sp³-hybridized carbons (Fsp3) is 0. The number of hydrogen-bond acceptors (Lipinski definition) is 4. The largest absolute Gasteiger partial charge is 0.338 e. The third-order valence-electron chi connectivity index (χ3n) is 3.48. The first-order valence-electron chi connectivity index (χ1n) is 6.82. The fourth-order valence-corrected chi connectivity index (χ4v) is 2.82. The number of pyridine rings is 1. The first kappa shape index (κ1) is 13.2. The van der Waals surface area contributed by atoms with Gasteiger partial charge in [-0.2, -0.15) is 0 Å². The number of hydrogen-bond donors (Lipinski definition) is 1. The lowest BCUT2D eigenvalue weighted by molar-refractivity contribution is 1.22. The Hall–Kier alpha value is -2.53. The van der Waals surface area contributed by atoms with Gasteiger partial charge in [0.25, 0.3) is 0 Å². The van der Waals surface area contributed by atoms with Gasteiger partial charge in [0, 0.05) is 21.4 Å². The summed E-state index contributed by atoms with van der Waals surface area (Å²) >= 11 is 3.50. The summed E-state index contributed by atoms with van der Waals surface area (Å²) in [5.41, 5.74) is 2.75. The van der Waals surface area contributed by atoms with Crippen molar-refractivity contribution >= 4 is 49.2 Å². The first-order valence-corrected chi connectivity index (χ1v) is 7.61. The number of nitrogens with zero attached hydrogens (tertiary/aromatic N) is 3. The maximum atomic E-state index is 4.46. The van der Waals surface area contributed by atoms with E-state index in [0.717, 1.165) is 37.8 Å². The van der Waals surface area contributed by atoms with E-state index in [1.54, 1.807) is 12.5 Å². The molecule has 106 valence electrons. The second-order valence-corrected chi connectivity index (χ2v) is 5.81. The zero-order valence-electron chi connectivity index (χ0n) is 11.5. The van der Waals surface area contributed by atoms with E-state index in [1.807, 2.05) is 48.5 Å². The van der Waals surface area contributed by atoms with Gasteiger partial charge < -0.3 is 5.32 Å². The van der Waals surface area contributed by atoms with Gasteiger partial charge in [-0.05, 0) is 30.3 Å². The molecule has 2 heterocycles. The summed E-state index contributed by atoms with van der Waals surface area (Å²) in [6, 6.07) is 16.0. The highest BCUT2D eigenvalue weighted by Crippen LogP contribution is 2.28. The Morgan fingerprint density at radius 3 is 2.77 bits per heavy atom. The molecule has 0 spiro atoms. The zero-order chi connectivity index (χ0) is 14.9. The van der Waals surface area contributed by atoms with Crippen molar-refractivity contribution in [3.8, 4) is 0 Å². The normalized spacial score (nSPS) is 11.0. The highest BCUT2D eigenvalue weighted by Gasteiger charge is 2.07. The average molecular weight is 351 g/mol. The zero-order valence-corrected chi connectivity index (χ0v) is 13.1. The van der Waals surface area contributed by atoms with E-state index in [2.05, 4.69) is 36.2 Å². The third kappa shape index (κ3) is 2.29. The number of anilines is 2. The fourth-order valence-electron chi connectivity index (χ4n) is 2.46. The molecule has 0 bridgehead atoms. The predicted octanol–water partition coefficient (Wildman–Crippen LogP) is 4.68. The van der Waals surface area contributed by atoms with Crippen molar-refractivity contribution < 1.29 is 0 Å². The summed E-state index contributed by atoms with van der Waals surface area (Å²) in [7, 11) is 0. The Balaban J connectivity index is 1.88. The van der Waals surface area contributed by atoms with Gasteiger partial charge in [0.05, 0.1) is 16.7 Å². The van der Waals surface area contributed by atoms with E-state index in [4.69, 9.17) is 0 Å². The van der Waals surface area contributed by atoms with E-state index < -0.39 is 0 Å². The van der Waals surface area contributed by atoms with Gasteiger partial charge in [-0.25, -0.2) is 9.97 Å². The Morgan fingerprint density at radius 2 is 1.82 bits per heavy atom. The van der Waals surface area contributed by atoms with Crippen molar-refractivity contribution in [2.24, 2.45) is 0 Å². The van der Waals surface area contributed by atoms with E-state index in [1.165, 1.54) is 0 Å². The molecule has 0 radical (unpaired) electrons. The molecule has 1 N–H and O–H groups in total. The van der Waals surface area contributed by atoms with Crippen LogP contribution < -0.4 is 5.32 Å². The molecule has 2 aromatic carbocycles. The number of aromatic nitrogens is 3. The molecule has 4 aromatic rings. The molecule has 4 nitrogen and oxygen atoms in total. The molecule has 5 heteroatoms. The van der Waals surface area contributed by atoms with Crippen molar-refractivity contribution in [3.05, 3.63) is 65.5 Å². The smallest absolute Gasteiger partial charge is 0.141 e. The third-order valence-corrected chi connectivity index (χ3v) is 3.98. The monoisotopic (exact) mass is 350 g/mol. The Morgan fingerprint density at radius 1 is 0.909 bits per heavy atom. The molecule has 0 fully saturated rings. The van der Waals surface area contributed by atoms with Crippen LogP contribution in [0.2, 0.25) is 0 Å². The summed E-state index contributed by atoms with van der Waals surface area (Å²) in [5, 5.41) is 5.44. The molecular weight excluding hydrogens is 340 g/mol. The predicted molar refractivity (Wildman–Crippen MR) is 92.3 cm³/mol. The first-order chi connectivity index (χ1) is 10.8. The second kappa shape index (κ2) is 5.35. The summed E-state index contributed by atoms with van der Waals surface area (Å²) in [4.78, 5) is 13.1. The number of rotatable bonds is 2. The molecule has 0 amide bonds. The van der Waals surface area contributed by atoms with E-state index in [0.29, 0.717) is 0 Å². The average Bonchev–Trinajstić information content (AvgIpc) is 2.56. The Bertz CT molecular complexity index is 979. The van der Waals surface area contributed by atoms with Gasteiger partial charge in [0.1, 0.15) is 12.1 Å². The summed E-state index contributed by atoms with van der Waals surface area (Å²) in [6.07, 6.45) is 3.36. The molecule has 22 heavy (non-hydrogen) atoms. The van der Waals surface area contributed by atoms with Crippen LogP contribution in [0.15, 0.2) is 65.5 Å². The van der Waals surface area contributed by atoms with Crippen LogP contribution in [0.4, 0.5) is 11.5 Å². The molecule has 0 aliphatic carbocycles. The van der Waals surface area contributed by atoms with E-state index in [-0.39, 0.29) is 0 Å². The topological polar surface area (TPSA) is 50.7 Å². The van der Waals surface area contributed by atoms with Crippen LogP contribution in [0.5, 0.6) is 0 Å². The standard InChI is InChI=1S/C17H11BrN4/c18-12-6-7-14-13(9-12)17(21-10-20-14)22-15-5-1-3-11-4-2-8-19-16(11)15/h1-10H,(H,20,21,22). The summed E-state index contributed by atoms with van der Waals surface area (Å²) in [5.74, 6) is 0.768. The van der Waals surface area contributed by atoms with Crippen LogP contribution in [0, 0.1) is 0 Å². The van der Waals surface area contributed by atoms with E-state index >= 15 is 0 Å². The maximum absolute atomic E-state index is 4.46. The number of halogens is 1. The molecule has 4 rings (SSSR count). The summed E-state index contributed by atoms with van der Waals surface area (Å²) in [6.45, 7) is 0. The molecular formula is C17H11BrN4. The maximum Gasteiger partial charge on any atom is 0.141 e. The minimum absolute atomic E-state index is 0.768. The van der Waals surface area contributed by atoms with Crippen LogP contribution in [-0.4, -0.2) is 15.0 Å². The highest BCUT2D eigenvalue weighted by atomic mass is 79.9. The molecule has 0 atom stereocenters. The molecule has 0 aliphatic heterocycles. The van der Waals surface area contributed by atoms with Gasteiger partial charge in [0.2, 0.25) is 0 Å². The molecule has 0 unspecified atom stereocenters. The summed E-state index contributed by atoms with van der Waals surface area (Å²) < 4.78 is 0.994. The van der Waals surface area contributed by atoms with Gasteiger partial charge in [0.15, 0.2) is 0 Å². The number of para-hydroxylation sites is 1. The Labute approximate surface area is 135 Å². The van der Waals surface area contributed by atoms with Crippen molar-refractivity contribution in [1.29, 1.82) is 0 Å². The number of fused-ring (bicyclic) bond motifs is 2. The van der Waals surface area contributed by atoms with Crippen molar-refractivity contribution in [2.75, 3.05) is 5.32 Å². The van der Waals surface area contributed by atoms with E-state index in [9.17, 15) is 0 Å².